The van der Waals surface area contributed by atoms with Gasteiger partial charge in [-0.15, -0.1) is 0 Å². The molecule has 7 nitrogen and oxygen atoms in total. The molecule has 1 aliphatic carbocycles. The molecule has 1 saturated carbocycles. The van der Waals surface area contributed by atoms with Crippen LogP contribution in [0.5, 0.6) is 0 Å². The Labute approximate surface area is 123 Å². The van der Waals surface area contributed by atoms with Crippen LogP contribution in [0.2, 0.25) is 0 Å². The molecule has 21 heavy (non-hydrogen) atoms. The largest absolute Gasteiger partial charge is 0.481 e. The number of nitrogens with one attached hydrogen (secondary N) is 1. The standard InChI is InChI=1S/C14H21N3O4/c1-9-16-13(21-17-9)7-6-12(18)15-8-10-4-2-3-5-11(10)14(19)20/h10-11H,2-8H2,1H3,(H,15,18)(H,19,20). The van der Waals surface area contributed by atoms with Gasteiger partial charge in [0.15, 0.2) is 5.82 Å². The summed E-state index contributed by atoms with van der Waals surface area (Å²) in [6.07, 6.45) is 4.23. The normalized spacial score (nSPS) is 22.0. The fourth-order valence-corrected chi connectivity index (χ4v) is 2.77. The minimum Gasteiger partial charge on any atom is -0.481 e. The number of hydrogen-bond acceptors (Lipinski definition) is 5. The van der Waals surface area contributed by atoms with E-state index in [1.807, 2.05) is 0 Å². The van der Waals surface area contributed by atoms with Gasteiger partial charge >= 0.3 is 5.97 Å². The average molecular weight is 295 g/mol. The highest BCUT2D eigenvalue weighted by Gasteiger charge is 2.30. The molecule has 1 aliphatic rings. The van der Waals surface area contributed by atoms with Gasteiger partial charge < -0.3 is 14.9 Å². The smallest absolute Gasteiger partial charge is 0.306 e. The van der Waals surface area contributed by atoms with Crippen molar-refractivity contribution in [3.05, 3.63) is 11.7 Å². The van der Waals surface area contributed by atoms with Crippen molar-refractivity contribution in [1.82, 2.24) is 15.5 Å². The molecule has 0 aliphatic heterocycles. The maximum Gasteiger partial charge on any atom is 0.306 e. The zero-order valence-corrected chi connectivity index (χ0v) is 12.2. The molecular formula is C14H21N3O4. The monoisotopic (exact) mass is 295 g/mol. The minimum absolute atomic E-state index is 0.0332. The number of carbonyl (C=O) groups is 2. The number of amides is 1. The molecule has 2 rings (SSSR count). The summed E-state index contributed by atoms with van der Waals surface area (Å²) in [6, 6.07) is 0. The van der Waals surface area contributed by atoms with E-state index < -0.39 is 5.97 Å². The van der Waals surface area contributed by atoms with Crippen LogP contribution >= 0.6 is 0 Å². The van der Waals surface area contributed by atoms with Crippen LogP contribution in [0.1, 0.15) is 43.8 Å². The topological polar surface area (TPSA) is 105 Å². The highest BCUT2D eigenvalue weighted by molar-refractivity contribution is 5.76. The van der Waals surface area contributed by atoms with E-state index in [0.717, 1.165) is 19.3 Å². The van der Waals surface area contributed by atoms with E-state index in [9.17, 15) is 14.7 Å². The first-order valence-corrected chi connectivity index (χ1v) is 7.35. The lowest BCUT2D eigenvalue weighted by molar-refractivity contribution is -0.145. The first-order valence-electron chi connectivity index (χ1n) is 7.35. The Morgan fingerprint density at radius 3 is 2.81 bits per heavy atom. The summed E-state index contributed by atoms with van der Waals surface area (Å²) in [7, 11) is 0. The number of aromatic nitrogens is 2. The summed E-state index contributed by atoms with van der Waals surface area (Å²) < 4.78 is 4.94. The molecule has 0 spiro atoms. The summed E-state index contributed by atoms with van der Waals surface area (Å²) in [5.41, 5.74) is 0. The second-order valence-electron chi connectivity index (χ2n) is 5.53. The summed E-state index contributed by atoms with van der Waals surface area (Å²) in [5, 5.41) is 15.7. The van der Waals surface area contributed by atoms with Crippen molar-refractivity contribution in [3.63, 3.8) is 0 Å². The van der Waals surface area contributed by atoms with Gasteiger partial charge in [0.05, 0.1) is 5.92 Å². The highest BCUT2D eigenvalue weighted by atomic mass is 16.5. The fourth-order valence-electron chi connectivity index (χ4n) is 2.77. The third-order valence-electron chi connectivity index (χ3n) is 3.92. The molecule has 116 valence electrons. The molecule has 1 fully saturated rings. The van der Waals surface area contributed by atoms with Crippen molar-refractivity contribution in [2.24, 2.45) is 11.8 Å². The van der Waals surface area contributed by atoms with Crippen molar-refractivity contribution in [2.45, 2.75) is 45.4 Å². The second kappa shape index (κ2) is 7.19. The Bertz CT molecular complexity index is 500. The number of hydrogen-bond donors (Lipinski definition) is 2. The third kappa shape index (κ3) is 4.54. The number of carbonyl (C=O) groups excluding carboxylic acids is 1. The van der Waals surface area contributed by atoms with E-state index in [1.54, 1.807) is 6.92 Å². The Kier molecular flexibility index (Phi) is 5.30. The molecule has 0 radical (unpaired) electrons. The highest BCUT2D eigenvalue weighted by Crippen LogP contribution is 2.29. The lowest BCUT2D eigenvalue weighted by Gasteiger charge is -2.28. The maximum absolute atomic E-state index is 11.8. The first kappa shape index (κ1) is 15.5. The van der Waals surface area contributed by atoms with Crippen molar-refractivity contribution in [3.8, 4) is 0 Å². The van der Waals surface area contributed by atoms with Gasteiger partial charge in [0.1, 0.15) is 0 Å². The van der Waals surface area contributed by atoms with Crippen LogP contribution in [0.15, 0.2) is 4.52 Å². The third-order valence-corrected chi connectivity index (χ3v) is 3.92. The number of rotatable bonds is 6. The van der Waals surface area contributed by atoms with E-state index >= 15 is 0 Å². The number of nitrogens with zero attached hydrogens (tertiary/aromatic N) is 2. The summed E-state index contributed by atoms with van der Waals surface area (Å²) in [5.74, 6) is -0.167. The Hall–Kier alpha value is -1.92. The summed E-state index contributed by atoms with van der Waals surface area (Å²) in [6.45, 7) is 2.15. The Balaban J connectivity index is 1.73. The molecule has 1 aromatic heterocycles. The molecular weight excluding hydrogens is 274 g/mol. The molecule has 1 amide bonds. The lowest BCUT2D eigenvalue weighted by Crippen LogP contribution is -2.37. The quantitative estimate of drug-likeness (QED) is 0.820. The van der Waals surface area contributed by atoms with Crippen LogP contribution in [0.25, 0.3) is 0 Å². The van der Waals surface area contributed by atoms with Gasteiger partial charge in [-0.1, -0.05) is 18.0 Å². The zero-order valence-electron chi connectivity index (χ0n) is 12.2. The molecule has 7 heteroatoms. The van der Waals surface area contributed by atoms with Gasteiger partial charge in [-0.05, 0) is 25.7 Å². The van der Waals surface area contributed by atoms with Crippen LogP contribution in [0.4, 0.5) is 0 Å². The predicted octanol–water partition coefficient (Wildman–Crippen LogP) is 1.32. The van der Waals surface area contributed by atoms with E-state index in [1.165, 1.54) is 0 Å². The van der Waals surface area contributed by atoms with Crippen LogP contribution in [-0.2, 0) is 16.0 Å². The molecule has 1 heterocycles. The first-order chi connectivity index (χ1) is 10.1. The number of carboxylic acid groups (broad SMARTS) is 1. The molecule has 0 aromatic carbocycles. The van der Waals surface area contributed by atoms with Crippen LogP contribution in [0, 0.1) is 18.8 Å². The van der Waals surface area contributed by atoms with E-state index in [2.05, 4.69) is 15.5 Å². The Morgan fingerprint density at radius 1 is 1.38 bits per heavy atom. The van der Waals surface area contributed by atoms with Crippen molar-refractivity contribution >= 4 is 11.9 Å². The van der Waals surface area contributed by atoms with E-state index in [0.29, 0.717) is 31.1 Å². The average Bonchev–Trinajstić information content (AvgIpc) is 2.88. The molecule has 0 bridgehead atoms. The van der Waals surface area contributed by atoms with Gasteiger partial charge in [0, 0.05) is 19.4 Å². The second-order valence-corrected chi connectivity index (χ2v) is 5.53. The summed E-state index contributed by atoms with van der Waals surface area (Å²) >= 11 is 0. The number of aliphatic carboxylic acids is 1. The molecule has 1 aromatic rings. The van der Waals surface area contributed by atoms with Gasteiger partial charge in [-0.25, -0.2) is 0 Å². The SMILES string of the molecule is Cc1noc(CCC(=O)NCC2CCCCC2C(=O)O)n1. The molecule has 0 saturated heterocycles. The molecule has 2 unspecified atom stereocenters. The minimum atomic E-state index is -0.754. The Morgan fingerprint density at radius 2 is 2.14 bits per heavy atom. The van der Waals surface area contributed by atoms with Crippen LogP contribution < -0.4 is 5.32 Å². The fraction of sp³-hybridized carbons (Fsp3) is 0.714. The maximum atomic E-state index is 11.8. The lowest BCUT2D eigenvalue weighted by atomic mass is 9.79. The summed E-state index contributed by atoms with van der Waals surface area (Å²) in [4.78, 5) is 27.0. The zero-order chi connectivity index (χ0) is 15.2. The molecule has 2 atom stereocenters. The van der Waals surface area contributed by atoms with Gasteiger partial charge in [0.25, 0.3) is 0 Å². The van der Waals surface area contributed by atoms with Gasteiger partial charge in [-0.3, -0.25) is 9.59 Å². The van der Waals surface area contributed by atoms with Crippen LogP contribution in [-0.4, -0.2) is 33.7 Å². The molecule has 2 N–H and O–H groups in total. The van der Waals surface area contributed by atoms with E-state index in [-0.39, 0.29) is 24.2 Å². The van der Waals surface area contributed by atoms with Gasteiger partial charge in [-0.2, -0.15) is 4.98 Å². The van der Waals surface area contributed by atoms with Crippen molar-refractivity contribution in [2.75, 3.05) is 6.54 Å². The number of carboxylic acids is 1. The predicted molar refractivity (Wildman–Crippen MR) is 73.4 cm³/mol. The van der Waals surface area contributed by atoms with Gasteiger partial charge in [0.2, 0.25) is 11.8 Å². The van der Waals surface area contributed by atoms with Crippen molar-refractivity contribution in [1.29, 1.82) is 0 Å². The van der Waals surface area contributed by atoms with Crippen molar-refractivity contribution < 1.29 is 19.2 Å². The number of aryl methyl sites for hydroxylation is 2. The van der Waals surface area contributed by atoms with E-state index in [4.69, 9.17) is 4.52 Å². The van der Waals surface area contributed by atoms with Crippen LogP contribution in [0.3, 0.4) is 0 Å².